The lowest BCUT2D eigenvalue weighted by atomic mass is 9.97. The molecule has 2 aromatic rings. The van der Waals surface area contributed by atoms with Gasteiger partial charge in [-0.25, -0.2) is 0 Å². The second kappa shape index (κ2) is 6.18. The molecule has 0 aliphatic rings. The number of nitrogens with two attached hydrogens (primary N) is 1. The zero-order valence-corrected chi connectivity index (χ0v) is 10.5. The van der Waals surface area contributed by atoms with Crippen LogP contribution in [0.15, 0.2) is 67.3 Å². The van der Waals surface area contributed by atoms with Crippen molar-refractivity contribution in [3.63, 3.8) is 0 Å². The maximum Gasteiger partial charge on any atom is 0.0298 e. The van der Waals surface area contributed by atoms with Gasteiger partial charge in [0.15, 0.2) is 0 Å². The van der Waals surface area contributed by atoms with Gasteiger partial charge in [-0.3, -0.25) is 0 Å². The first-order chi connectivity index (χ1) is 8.81. The highest BCUT2D eigenvalue weighted by molar-refractivity contribution is 5.64. The maximum absolute atomic E-state index is 6.18. The van der Waals surface area contributed by atoms with Crippen molar-refractivity contribution in [1.82, 2.24) is 0 Å². The zero-order valence-electron chi connectivity index (χ0n) is 10.5. The summed E-state index contributed by atoms with van der Waals surface area (Å²) in [7, 11) is 0. The van der Waals surface area contributed by atoms with Crippen LogP contribution in [0.2, 0.25) is 0 Å². The predicted molar refractivity (Wildman–Crippen MR) is 78.2 cm³/mol. The fraction of sp³-hybridized carbons (Fsp3) is 0.176. The third kappa shape index (κ3) is 3.08. The molecule has 0 radical (unpaired) electrons. The minimum absolute atomic E-state index is 0.0895. The van der Waals surface area contributed by atoms with Gasteiger partial charge in [0.25, 0.3) is 0 Å². The molecule has 1 heteroatoms. The van der Waals surface area contributed by atoms with Crippen molar-refractivity contribution in [3.05, 3.63) is 72.8 Å². The number of benzene rings is 2. The van der Waals surface area contributed by atoms with Gasteiger partial charge in [0.05, 0.1) is 0 Å². The molecule has 0 amide bonds. The van der Waals surface area contributed by atoms with Crippen molar-refractivity contribution >= 4 is 0 Å². The Kier molecular flexibility index (Phi) is 4.32. The van der Waals surface area contributed by atoms with Crippen LogP contribution in [0, 0.1) is 0 Å². The van der Waals surface area contributed by atoms with E-state index in [9.17, 15) is 0 Å². The molecule has 0 spiro atoms. The summed E-state index contributed by atoms with van der Waals surface area (Å²) in [6, 6.07) is 18.9. The molecule has 0 fully saturated rings. The summed E-state index contributed by atoms with van der Waals surface area (Å²) in [5, 5.41) is 0. The molecule has 0 bridgehead atoms. The van der Waals surface area contributed by atoms with Crippen LogP contribution in [0.4, 0.5) is 0 Å². The predicted octanol–water partition coefficient (Wildman–Crippen LogP) is 4.32. The van der Waals surface area contributed by atoms with Gasteiger partial charge in [0.1, 0.15) is 0 Å². The largest absolute Gasteiger partial charge is 0.324 e. The van der Waals surface area contributed by atoms with Crippen LogP contribution in [0.5, 0.6) is 0 Å². The molecule has 1 atom stereocenters. The molecule has 0 aliphatic heterocycles. The lowest BCUT2D eigenvalue weighted by Gasteiger charge is -2.12. The van der Waals surface area contributed by atoms with E-state index in [0.29, 0.717) is 0 Å². The van der Waals surface area contributed by atoms with E-state index in [1.807, 2.05) is 12.1 Å². The summed E-state index contributed by atoms with van der Waals surface area (Å²) in [6.45, 7) is 3.74. The van der Waals surface area contributed by atoms with E-state index in [-0.39, 0.29) is 6.04 Å². The van der Waals surface area contributed by atoms with Gasteiger partial charge in [-0.2, -0.15) is 0 Å². The van der Waals surface area contributed by atoms with Gasteiger partial charge in [0.2, 0.25) is 0 Å². The van der Waals surface area contributed by atoms with E-state index in [1.165, 1.54) is 16.7 Å². The van der Waals surface area contributed by atoms with E-state index in [4.69, 9.17) is 5.73 Å². The van der Waals surface area contributed by atoms with Gasteiger partial charge in [-0.1, -0.05) is 54.6 Å². The van der Waals surface area contributed by atoms with Crippen LogP contribution < -0.4 is 5.73 Å². The van der Waals surface area contributed by atoms with E-state index in [0.717, 1.165) is 12.8 Å². The van der Waals surface area contributed by atoms with Gasteiger partial charge in [-0.05, 0) is 35.6 Å². The molecule has 18 heavy (non-hydrogen) atoms. The van der Waals surface area contributed by atoms with Crippen molar-refractivity contribution in [1.29, 1.82) is 0 Å². The molecular weight excluding hydrogens is 218 g/mol. The highest BCUT2D eigenvalue weighted by Crippen LogP contribution is 2.24. The van der Waals surface area contributed by atoms with Crippen molar-refractivity contribution in [2.75, 3.05) is 0 Å². The molecule has 2 rings (SSSR count). The molecular formula is C17H19N. The standard InChI is InChI=1S/C17H19N/c1-2-3-12-17(18)16-11-7-10-15(13-16)14-8-5-4-6-9-14/h2,4-11,13,17H,1,3,12,18H2/t17-/m0/s1. The lowest BCUT2D eigenvalue weighted by molar-refractivity contribution is 0.662. The average molecular weight is 237 g/mol. The van der Waals surface area contributed by atoms with Crippen LogP contribution in [0.3, 0.4) is 0 Å². The summed E-state index contributed by atoms with van der Waals surface area (Å²) >= 11 is 0. The van der Waals surface area contributed by atoms with Crippen molar-refractivity contribution in [2.24, 2.45) is 5.73 Å². The SMILES string of the molecule is C=CCC[C@H](N)c1cccc(-c2ccccc2)c1. The van der Waals surface area contributed by atoms with E-state index in [2.05, 4.69) is 55.1 Å². The summed E-state index contributed by atoms with van der Waals surface area (Å²) in [5.74, 6) is 0. The number of hydrogen-bond acceptors (Lipinski definition) is 1. The molecule has 92 valence electrons. The third-order valence-corrected chi connectivity index (χ3v) is 3.10. The van der Waals surface area contributed by atoms with Crippen LogP contribution in [-0.2, 0) is 0 Å². The van der Waals surface area contributed by atoms with E-state index >= 15 is 0 Å². The van der Waals surface area contributed by atoms with E-state index in [1.54, 1.807) is 0 Å². The fourth-order valence-corrected chi connectivity index (χ4v) is 2.04. The lowest BCUT2D eigenvalue weighted by Crippen LogP contribution is -2.09. The van der Waals surface area contributed by atoms with Gasteiger partial charge >= 0.3 is 0 Å². The Morgan fingerprint density at radius 1 is 1.00 bits per heavy atom. The molecule has 1 nitrogen and oxygen atoms in total. The van der Waals surface area contributed by atoms with Crippen molar-refractivity contribution < 1.29 is 0 Å². The summed E-state index contributed by atoms with van der Waals surface area (Å²) in [6.07, 6.45) is 3.82. The first-order valence-corrected chi connectivity index (χ1v) is 6.33. The minimum Gasteiger partial charge on any atom is -0.324 e. The number of hydrogen-bond donors (Lipinski definition) is 1. The molecule has 0 aliphatic carbocycles. The van der Waals surface area contributed by atoms with Crippen LogP contribution >= 0.6 is 0 Å². The molecule has 2 N–H and O–H groups in total. The molecule has 2 aromatic carbocycles. The Balaban J connectivity index is 2.22. The minimum atomic E-state index is 0.0895. The fourth-order valence-electron chi connectivity index (χ4n) is 2.04. The van der Waals surface area contributed by atoms with Gasteiger partial charge in [-0.15, -0.1) is 6.58 Å². The maximum atomic E-state index is 6.18. The second-order valence-corrected chi connectivity index (χ2v) is 4.46. The smallest absolute Gasteiger partial charge is 0.0298 e. The zero-order chi connectivity index (χ0) is 12.8. The van der Waals surface area contributed by atoms with Crippen LogP contribution in [-0.4, -0.2) is 0 Å². The first-order valence-electron chi connectivity index (χ1n) is 6.33. The highest BCUT2D eigenvalue weighted by atomic mass is 14.6. The van der Waals surface area contributed by atoms with E-state index < -0.39 is 0 Å². The molecule has 0 saturated carbocycles. The van der Waals surface area contributed by atoms with Crippen LogP contribution in [0.1, 0.15) is 24.4 Å². The molecule has 0 aromatic heterocycles. The Hall–Kier alpha value is -1.86. The third-order valence-electron chi connectivity index (χ3n) is 3.10. The Bertz CT molecular complexity index is 502. The Morgan fingerprint density at radius 2 is 1.72 bits per heavy atom. The topological polar surface area (TPSA) is 26.0 Å². The molecule has 0 heterocycles. The molecule has 0 unspecified atom stereocenters. The van der Waals surface area contributed by atoms with Gasteiger partial charge in [0, 0.05) is 6.04 Å². The van der Waals surface area contributed by atoms with Crippen molar-refractivity contribution in [2.45, 2.75) is 18.9 Å². The second-order valence-electron chi connectivity index (χ2n) is 4.46. The summed E-state index contributed by atoms with van der Waals surface area (Å²) < 4.78 is 0. The van der Waals surface area contributed by atoms with Crippen LogP contribution in [0.25, 0.3) is 11.1 Å². The summed E-state index contributed by atoms with van der Waals surface area (Å²) in [5.41, 5.74) is 9.83. The Morgan fingerprint density at radius 3 is 2.44 bits per heavy atom. The summed E-state index contributed by atoms with van der Waals surface area (Å²) in [4.78, 5) is 0. The quantitative estimate of drug-likeness (QED) is 0.770. The van der Waals surface area contributed by atoms with Crippen molar-refractivity contribution in [3.8, 4) is 11.1 Å². The number of allylic oxidation sites excluding steroid dienone is 1. The highest BCUT2D eigenvalue weighted by Gasteiger charge is 2.06. The van der Waals surface area contributed by atoms with Gasteiger partial charge < -0.3 is 5.73 Å². The first kappa shape index (κ1) is 12.6. The number of rotatable bonds is 5. The Labute approximate surface area is 109 Å². The normalized spacial score (nSPS) is 12.1. The average Bonchev–Trinajstić information content (AvgIpc) is 2.46. The monoisotopic (exact) mass is 237 g/mol. The molecule has 0 saturated heterocycles.